The van der Waals surface area contributed by atoms with Crippen molar-refractivity contribution in [1.29, 1.82) is 0 Å². The summed E-state index contributed by atoms with van der Waals surface area (Å²) in [4.78, 5) is 13.9. The molecule has 108 valence electrons. The number of para-hydroxylation sites is 1. The van der Waals surface area contributed by atoms with E-state index in [1.54, 1.807) is 23.1 Å². The number of benzene rings is 2. The lowest BCUT2D eigenvalue weighted by Crippen LogP contribution is -2.33. The van der Waals surface area contributed by atoms with E-state index in [9.17, 15) is 9.18 Å². The van der Waals surface area contributed by atoms with E-state index >= 15 is 0 Å². The third-order valence-electron chi connectivity index (χ3n) is 3.86. The van der Waals surface area contributed by atoms with Crippen molar-refractivity contribution in [3.63, 3.8) is 0 Å². The van der Waals surface area contributed by atoms with Crippen LogP contribution in [0.4, 0.5) is 14.9 Å². The molecule has 3 rings (SSSR count). The van der Waals surface area contributed by atoms with E-state index < -0.39 is 5.82 Å². The number of rotatable bonds is 2. The third-order valence-corrected chi connectivity index (χ3v) is 3.86. The Morgan fingerprint density at radius 2 is 1.81 bits per heavy atom. The number of hydrogen-bond donors (Lipinski definition) is 1. The summed E-state index contributed by atoms with van der Waals surface area (Å²) in [6, 6.07) is 16.2. The van der Waals surface area contributed by atoms with Crippen LogP contribution in [-0.4, -0.2) is 24.0 Å². The maximum absolute atomic E-state index is 13.5. The summed E-state index contributed by atoms with van der Waals surface area (Å²) < 4.78 is 13.5. The van der Waals surface area contributed by atoms with Crippen LogP contribution in [0.25, 0.3) is 0 Å². The number of amides is 2. The van der Waals surface area contributed by atoms with Gasteiger partial charge in [0.25, 0.3) is 0 Å². The molecule has 1 aliphatic heterocycles. The standard InChI is InChI=1S/C17H17FN2O/c18-15-8-4-5-9-16(15)19-17(21)20-11-10-14(12-20)13-6-2-1-3-7-13/h1-9,14H,10-12H2,(H,19,21). The topological polar surface area (TPSA) is 32.3 Å². The quantitative estimate of drug-likeness (QED) is 0.892. The van der Waals surface area contributed by atoms with E-state index in [1.807, 2.05) is 18.2 Å². The van der Waals surface area contributed by atoms with E-state index in [2.05, 4.69) is 17.4 Å². The van der Waals surface area contributed by atoms with E-state index in [4.69, 9.17) is 0 Å². The number of nitrogens with one attached hydrogen (secondary N) is 1. The van der Waals surface area contributed by atoms with Gasteiger partial charge in [0.15, 0.2) is 0 Å². The van der Waals surface area contributed by atoms with Gasteiger partial charge >= 0.3 is 6.03 Å². The van der Waals surface area contributed by atoms with Gasteiger partial charge in [-0.25, -0.2) is 9.18 Å². The first-order valence-corrected chi connectivity index (χ1v) is 7.09. The summed E-state index contributed by atoms with van der Waals surface area (Å²) >= 11 is 0. The van der Waals surface area contributed by atoms with Crippen molar-refractivity contribution in [3.05, 3.63) is 66.0 Å². The number of halogens is 1. The van der Waals surface area contributed by atoms with Gasteiger partial charge in [0, 0.05) is 19.0 Å². The molecule has 0 aromatic heterocycles. The molecule has 2 aromatic carbocycles. The monoisotopic (exact) mass is 284 g/mol. The van der Waals surface area contributed by atoms with Crippen LogP contribution >= 0.6 is 0 Å². The van der Waals surface area contributed by atoms with Crippen LogP contribution in [0, 0.1) is 5.82 Å². The van der Waals surface area contributed by atoms with Crippen molar-refractivity contribution in [2.45, 2.75) is 12.3 Å². The average Bonchev–Trinajstić information content (AvgIpc) is 3.00. The van der Waals surface area contributed by atoms with Crippen molar-refractivity contribution >= 4 is 11.7 Å². The molecule has 1 aliphatic rings. The predicted molar refractivity (Wildman–Crippen MR) is 80.8 cm³/mol. The van der Waals surface area contributed by atoms with Gasteiger partial charge in [0.2, 0.25) is 0 Å². The molecule has 2 aromatic rings. The Kier molecular flexibility index (Phi) is 3.86. The first-order chi connectivity index (χ1) is 10.2. The highest BCUT2D eigenvalue weighted by Gasteiger charge is 2.27. The fourth-order valence-corrected chi connectivity index (χ4v) is 2.70. The van der Waals surface area contributed by atoms with Crippen LogP contribution in [0.5, 0.6) is 0 Å². The summed E-state index contributed by atoms with van der Waals surface area (Å²) in [6.07, 6.45) is 0.939. The highest BCUT2D eigenvalue weighted by Crippen LogP contribution is 2.27. The maximum Gasteiger partial charge on any atom is 0.321 e. The zero-order chi connectivity index (χ0) is 14.7. The molecular weight excluding hydrogens is 267 g/mol. The molecule has 0 aliphatic carbocycles. The van der Waals surface area contributed by atoms with E-state index in [0.717, 1.165) is 6.42 Å². The average molecular weight is 284 g/mol. The molecule has 3 nitrogen and oxygen atoms in total. The van der Waals surface area contributed by atoms with Crippen molar-refractivity contribution in [1.82, 2.24) is 4.90 Å². The number of hydrogen-bond acceptors (Lipinski definition) is 1. The van der Waals surface area contributed by atoms with Gasteiger partial charge in [0.05, 0.1) is 5.69 Å². The minimum atomic E-state index is -0.412. The Labute approximate surface area is 123 Å². The molecule has 1 unspecified atom stereocenters. The largest absolute Gasteiger partial charge is 0.324 e. The fourth-order valence-electron chi connectivity index (χ4n) is 2.70. The van der Waals surface area contributed by atoms with Crippen molar-refractivity contribution < 1.29 is 9.18 Å². The molecule has 2 amide bonds. The number of urea groups is 1. The predicted octanol–water partition coefficient (Wildman–Crippen LogP) is 3.85. The van der Waals surface area contributed by atoms with Gasteiger partial charge in [-0.2, -0.15) is 0 Å². The Bertz CT molecular complexity index is 630. The number of carbonyl (C=O) groups excluding carboxylic acids is 1. The van der Waals surface area contributed by atoms with Gasteiger partial charge in [-0.1, -0.05) is 42.5 Å². The van der Waals surface area contributed by atoms with Crippen LogP contribution in [-0.2, 0) is 0 Å². The summed E-state index contributed by atoms with van der Waals surface area (Å²) in [5, 5.41) is 2.64. The molecule has 4 heteroatoms. The van der Waals surface area contributed by atoms with Crippen LogP contribution in [0.1, 0.15) is 17.9 Å². The molecular formula is C17H17FN2O. The zero-order valence-corrected chi connectivity index (χ0v) is 11.6. The lowest BCUT2D eigenvalue weighted by molar-refractivity contribution is 0.222. The summed E-state index contributed by atoms with van der Waals surface area (Å²) in [7, 11) is 0. The highest BCUT2D eigenvalue weighted by molar-refractivity contribution is 5.89. The minimum absolute atomic E-state index is 0.227. The van der Waals surface area contributed by atoms with Gasteiger partial charge < -0.3 is 10.2 Å². The zero-order valence-electron chi connectivity index (χ0n) is 11.6. The lowest BCUT2D eigenvalue weighted by atomic mass is 9.99. The SMILES string of the molecule is O=C(Nc1ccccc1F)N1CCC(c2ccccc2)C1. The highest BCUT2D eigenvalue weighted by atomic mass is 19.1. The lowest BCUT2D eigenvalue weighted by Gasteiger charge is -2.17. The summed E-state index contributed by atoms with van der Waals surface area (Å²) in [5.74, 6) is -0.0535. The van der Waals surface area contributed by atoms with E-state index in [-0.39, 0.29) is 11.7 Å². The minimum Gasteiger partial charge on any atom is -0.324 e. The van der Waals surface area contributed by atoms with E-state index in [1.165, 1.54) is 11.6 Å². The van der Waals surface area contributed by atoms with Crippen molar-refractivity contribution in [3.8, 4) is 0 Å². The molecule has 0 radical (unpaired) electrons. The summed E-state index contributed by atoms with van der Waals surface area (Å²) in [6.45, 7) is 1.37. The first kappa shape index (κ1) is 13.6. The van der Waals surface area contributed by atoms with E-state index in [0.29, 0.717) is 19.0 Å². The van der Waals surface area contributed by atoms with Crippen LogP contribution in [0.15, 0.2) is 54.6 Å². The molecule has 0 bridgehead atoms. The van der Waals surface area contributed by atoms with Crippen molar-refractivity contribution in [2.24, 2.45) is 0 Å². The molecule has 1 fully saturated rings. The number of carbonyl (C=O) groups is 1. The molecule has 1 saturated heterocycles. The Balaban J connectivity index is 1.64. The Hall–Kier alpha value is -2.36. The second-order valence-electron chi connectivity index (χ2n) is 5.25. The van der Waals surface area contributed by atoms with Gasteiger partial charge in [0.1, 0.15) is 5.82 Å². The normalized spacial score (nSPS) is 17.8. The molecule has 1 atom stereocenters. The summed E-state index contributed by atoms with van der Waals surface area (Å²) in [5.41, 5.74) is 1.48. The second kappa shape index (κ2) is 5.95. The smallest absolute Gasteiger partial charge is 0.321 e. The van der Waals surface area contributed by atoms with Gasteiger partial charge in [-0.05, 0) is 24.1 Å². The van der Waals surface area contributed by atoms with Crippen molar-refractivity contribution in [2.75, 3.05) is 18.4 Å². The Morgan fingerprint density at radius 3 is 2.57 bits per heavy atom. The molecule has 21 heavy (non-hydrogen) atoms. The second-order valence-corrected chi connectivity index (χ2v) is 5.25. The first-order valence-electron chi connectivity index (χ1n) is 7.09. The molecule has 1 N–H and O–H groups in total. The third kappa shape index (κ3) is 3.05. The van der Waals surface area contributed by atoms with Crippen LogP contribution < -0.4 is 5.32 Å². The fraction of sp³-hybridized carbons (Fsp3) is 0.235. The van der Waals surface area contributed by atoms with Gasteiger partial charge in [-0.15, -0.1) is 0 Å². The van der Waals surface area contributed by atoms with Crippen LogP contribution in [0.2, 0.25) is 0 Å². The van der Waals surface area contributed by atoms with Gasteiger partial charge in [-0.3, -0.25) is 0 Å². The number of likely N-dealkylation sites (tertiary alicyclic amines) is 1. The Morgan fingerprint density at radius 1 is 1.10 bits per heavy atom. The molecule has 0 spiro atoms. The molecule has 0 saturated carbocycles. The molecule has 1 heterocycles. The number of nitrogens with zero attached hydrogens (tertiary/aromatic N) is 1. The van der Waals surface area contributed by atoms with Crippen LogP contribution in [0.3, 0.4) is 0 Å². The number of anilines is 1. The maximum atomic E-state index is 13.5.